The van der Waals surface area contributed by atoms with Crippen molar-refractivity contribution < 1.29 is 29.1 Å². The van der Waals surface area contributed by atoms with Crippen molar-refractivity contribution in [2.75, 3.05) is 25.0 Å². The number of hydrogen-bond acceptors (Lipinski definition) is 8. The van der Waals surface area contributed by atoms with Gasteiger partial charge in [0, 0.05) is 31.7 Å². The molecule has 2 amide bonds. The molecule has 6 rings (SSSR count). The lowest BCUT2D eigenvalue weighted by molar-refractivity contribution is -0.157. The van der Waals surface area contributed by atoms with Gasteiger partial charge in [0.05, 0.1) is 17.6 Å². The van der Waals surface area contributed by atoms with Gasteiger partial charge in [-0.1, -0.05) is 73.7 Å². The Morgan fingerprint density at radius 2 is 1.46 bits per heavy atom. The minimum Gasteiger partial charge on any atom is -0.433 e. The average Bonchev–Trinajstić information content (AvgIpc) is 3.63. The lowest BCUT2D eigenvalue weighted by atomic mass is 9.88. The molecule has 0 saturated carbocycles. The minimum atomic E-state index is -0.873. The molecular weight excluding hydrogens is 656 g/mol. The van der Waals surface area contributed by atoms with Crippen LogP contribution in [0.1, 0.15) is 56.7 Å². The third-order valence-corrected chi connectivity index (χ3v) is 9.90. The quantitative estimate of drug-likeness (QED) is 0.100. The molecule has 276 valence electrons. The highest BCUT2D eigenvalue weighted by molar-refractivity contribution is 6.53. The molecule has 2 aliphatic heterocycles. The number of nitrogens with one attached hydrogen (secondary N) is 1. The molecule has 2 aliphatic rings. The summed E-state index contributed by atoms with van der Waals surface area (Å²) in [5, 5.41) is 29.0. The molecule has 2 saturated heterocycles. The Morgan fingerprint density at radius 1 is 0.846 bits per heavy atom. The second-order valence-electron chi connectivity index (χ2n) is 14.6. The van der Waals surface area contributed by atoms with Gasteiger partial charge in [-0.25, -0.2) is 4.79 Å². The van der Waals surface area contributed by atoms with E-state index < -0.39 is 26.0 Å². The Morgan fingerprint density at radius 3 is 2.04 bits per heavy atom. The zero-order chi connectivity index (χ0) is 36.8. The van der Waals surface area contributed by atoms with E-state index in [4.69, 9.17) is 14.2 Å². The number of aromatic nitrogens is 2. The van der Waals surface area contributed by atoms with Gasteiger partial charge in [-0.05, 0) is 88.4 Å². The highest BCUT2D eigenvalue weighted by Gasteiger charge is 2.55. The van der Waals surface area contributed by atoms with Crippen molar-refractivity contribution >= 4 is 36.9 Å². The van der Waals surface area contributed by atoms with Crippen molar-refractivity contribution in [1.29, 1.82) is 0 Å². The Kier molecular flexibility index (Phi) is 12.3. The first-order valence-electron chi connectivity index (χ1n) is 18.8. The van der Waals surface area contributed by atoms with Crippen LogP contribution in [0.2, 0.25) is 13.6 Å². The molecule has 4 atom stereocenters. The predicted octanol–water partition coefficient (Wildman–Crippen LogP) is 5.70. The SMILES string of the molecule is CCCOCCCCN1C(=O)N(Cc2ccc3c(c2)c(NB(C)O)nn3B(C)O)[C@H](Cc2ccccc2)[C@@H]2OC(C)(C)O[C@H]2[C@H]1Cc1ccccc1. The molecule has 3 aromatic carbocycles. The van der Waals surface area contributed by atoms with Crippen LogP contribution in [0, 0.1) is 0 Å². The van der Waals surface area contributed by atoms with Gasteiger partial charge in [0.15, 0.2) is 5.79 Å². The van der Waals surface area contributed by atoms with Crippen LogP contribution in [0.5, 0.6) is 0 Å². The van der Waals surface area contributed by atoms with Crippen LogP contribution >= 0.6 is 0 Å². The van der Waals surface area contributed by atoms with Crippen LogP contribution in [0.15, 0.2) is 78.9 Å². The zero-order valence-corrected chi connectivity index (χ0v) is 31.1. The number of carbonyl (C=O) groups is 1. The predicted molar refractivity (Wildman–Crippen MR) is 206 cm³/mol. The summed E-state index contributed by atoms with van der Waals surface area (Å²) in [4.78, 5) is 19.3. The lowest BCUT2D eigenvalue weighted by Crippen LogP contribution is -2.52. The van der Waals surface area contributed by atoms with E-state index in [1.807, 2.05) is 78.2 Å². The molecule has 0 bridgehead atoms. The largest absolute Gasteiger partial charge is 0.433 e. The fraction of sp³-hybridized carbons (Fsp3) is 0.487. The molecule has 1 aromatic heterocycles. The summed E-state index contributed by atoms with van der Waals surface area (Å²) in [6.07, 6.45) is 3.04. The molecule has 3 heterocycles. The van der Waals surface area contributed by atoms with E-state index in [0.717, 1.165) is 47.9 Å². The van der Waals surface area contributed by atoms with Crippen LogP contribution in [0.3, 0.4) is 0 Å². The number of anilines is 1. The monoisotopic (exact) mass is 709 g/mol. The molecule has 4 aromatic rings. The van der Waals surface area contributed by atoms with Crippen LogP contribution < -0.4 is 5.23 Å². The van der Waals surface area contributed by atoms with E-state index in [-0.39, 0.29) is 24.2 Å². The maximum absolute atomic E-state index is 15.3. The highest BCUT2D eigenvalue weighted by Crippen LogP contribution is 2.40. The number of hydrogen-bond donors (Lipinski definition) is 3. The normalized spacial score (nSPS) is 21.3. The minimum absolute atomic E-state index is 0.0575. The number of unbranched alkanes of at least 4 members (excludes halogenated alkanes) is 1. The fourth-order valence-electron chi connectivity index (χ4n) is 7.63. The number of rotatable bonds is 16. The third-order valence-electron chi connectivity index (χ3n) is 9.90. The molecule has 2 fully saturated rings. The summed E-state index contributed by atoms with van der Waals surface area (Å²) < 4.78 is 21.0. The second-order valence-corrected chi connectivity index (χ2v) is 14.6. The van der Waals surface area contributed by atoms with Crippen molar-refractivity contribution in [2.24, 2.45) is 0 Å². The van der Waals surface area contributed by atoms with Crippen LogP contribution in [0.4, 0.5) is 10.6 Å². The maximum Gasteiger partial charge on any atom is 0.431 e. The molecule has 11 nitrogen and oxygen atoms in total. The highest BCUT2D eigenvalue weighted by atomic mass is 16.8. The first-order valence-corrected chi connectivity index (χ1v) is 18.8. The standard InChI is InChI=1S/C39H53B2N5O6/c1-6-22-50-23-14-13-21-44-33(25-28-15-9-7-10-16-28)35-36(52-39(2,3)51-35)34(26-29-17-11-8-12-18-29)45(38(44)47)27-30-19-20-32-31(24-30)37(42-40(4)48)43-46(32)41(5)49/h7-12,15-20,24,33-36,48-49H,6,13-14,21-23,25-27H2,1-5H3,(H,42,43)/t33-,34-,35+,36+/m1/s1. The van der Waals surface area contributed by atoms with Gasteiger partial charge in [0.25, 0.3) is 0 Å². The summed E-state index contributed by atoms with van der Waals surface area (Å²) in [5.41, 5.74) is 3.85. The number of amides is 2. The van der Waals surface area contributed by atoms with Gasteiger partial charge in [0.1, 0.15) is 18.0 Å². The van der Waals surface area contributed by atoms with Gasteiger partial charge in [-0.3, -0.25) is 4.59 Å². The Balaban J connectivity index is 1.43. The number of carbonyl (C=O) groups excluding carboxylic acids is 1. The number of urea groups is 1. The van der Waals surface area contributed by atoms with Crippen LogP contribution in [0.25, 0.3) is 10.9 Å². The van der Waals surface area contributed by atoms with E-state index >= 15 is 4.79 Å². The Hall–Kier alpha value is -3.87. The molecule has 0 unspecified atom stereocenters. The zero-order valence-electron chi connectivity index (χ0n) is 31.1. The number of ether oxygens (including phenoxy) is 3. The molecular formula is C39H53B2N5O6. The summed E-state index contributed by atoms with van der Waals surface area (Å²) in [6.45, 7) is 11.5. The molecule has 13 heteroatoms. The Labute approximate surface area is 308 Å². The van der Waals surface area contributed by atoms with E-state index in [1.54, 1.807) is 13.6 Å². The average molecular weight is 710 g/mol. The molecule has 0 radical (unpaired) electrons. The molecule has 52 heavy (non-hydrogen) atoms. The molecule has 0 spiro atoms. The number of nitrogens with zero attached hydrogens (tertiary/aromatic N) is 4. The number of benzene rings is 3. The van der Waals surface area contributed by atoms with Gasteiger partial charge in [0.2, 0.25) is 0 Å². The summed E-state index contributed by atoms with van der Waals surface area (Å²) in [7, 11) is -1.73. The number of fused-ring (bicyclic) bond motifs is 2. The van der Waals surface area contributed by atoms with Gasteiger partial charge >= 0.3 is 20.1 Å². The Bertz CT molecular complexity index is 1760. The van der Waals surface area contributed by atoms with Crippen molar-refractivity contribution in [2.45, 2.75) is 103 Å². The first-order chi connectivity index (χ1) is 25.0. The van der Waals surface area contributed by atoms with E-state index in [1.165, 1.54) is 4.59 Å². The molecule has 3 N–H and O–H groups in total. The van der Waals surface area contributed by atoms with Crippen LogP contribution in [-0.4, -0.2) is 99.5 Å². The fourth-order valence-corrected chi connectivity index (χ4v) is 7.63. The smallest absolute Gasteiger partial charge is 0.431 e. The van der Waals surface area contributed by atoms with Crippen LogP contribution in [-0.2, 0) is 33.6 Å². The summed E-state index contributed by atoms with van der Waals surface area (Å²) in [5.74, 6) is -0.388. The van der Waals surface area contributed by atoms with E-state index in [2.05, 4.69) is 41.5 Å². The van der Waals surface area contributed by atoms with Gasteiger partial charge < -0.3 is 39.3 Å². The van der Waals surface area contributed by atoms with Crippen molar-refractivity contribution in [3.63, 3.8) is 0 Å². The second kappa shape index (κ2) is 16.9. The van der Waals surface area contributed by atoms with Crippen molar-refractivity contribution in [3.05, 3.63) is 95.6 Å². The lowest BCUT2D eigenvalue weighted by Gasteiger charge is -2.37. The molecule has 0 aliphatic carbocycles. The summed E-state index contributed by atoms with van der Waals surface area (Å²) in [6, 6.07) is 25.8. The maximum atomic E-state index is 15.3. The van der Waals surface area contributed by atoms with Crippen molar-refractivity contribution in [1.82, 2.24) is 19.5 Å². The van der Waals surface area contributed by atoms with E-state index in [9.17, 15) is 10.0 Å². The summed E-state index contributed by atoms with van der Waals surface area (Å²) >= 11 is 0. The third kappa shape index (κ3) is 8.83. The topological polar surface area (TPSA) is 122 Å². The van der Waals surface area contributed by atoms with E-state index in [0.29, 0.717) is 43.9 Å². The first kappa shape index (κ1) is 37.9. The van der Waals surface area contributed by atoms with Gasteiger partial charge in [-0.2, -0.15) is 5.10 Å². The van der Waals surface area contributed by atoms with Crippen molar-refractivity contribution in [3.8, 4) is 0 Å². The van der Waals surface area contributed by atoms with Gasteiger partial charge in [-0.15, -0.1) is 0 Å².